The van der Waals surface area contributed by atoms with Crippen molar-refractivity contribution in [2.45, 2.75) is 25.9 Å². The zero-order chi connectivity index (χ0) is 13.9. The smallest absolute Gasteiger partial charge is 0.338 e. The van der Waals surface area contributed by atoms with Gasteiger partial charge in [0.1, 0.15) is 12.4 Å². The summed E-state index contributed by atoms with van der Waals surface area (Å²) in [6.07, 6.45) is 2.65. The second kappa shape index (κ2) is 5.37. The minimum absolute atomic E-state index is 0.273. The molecular formula is C17H16O3. The largest absolute Gasteiger partial charge is 0.508 e. The Balaban J connectivity index is 1.77. The molecule has 3 heteroatoms. The van der Waals surface area contributed by atoms with E-state index in [2.05, 4.69) is 0 Å². The molecule has 2 aromatic rings. The average Bonchev–Trinajstić information content (AvgIpc) is 2.96. The number of ether oxygens (including phenoxy) is 1. The second-order valence-electron chi connectivity index (χ2n) is 5.00. The van der Waals surface area contributed by atoms with Gasteiger partial charge in [-0.05, 0) is 48.1 Å². The lowest BCUT2D eigenvalue weighted by Crippen LogP contribution is -2.08. The predicted molar refractivity (Wildman–Crippen MR) is 75.7 cm³/mol. The zero-order valence-electron chi connectivity index (χ0n) is 11.1. The summed E-state index contributed by atoms with van der Waals surface area (Å²) in [6.45, 7) is 0.273. The summed E-state index contributed by atoms with van der Waals surface area (Å²) in [5.41, 5.74) is 3.41. The van der Waals surface area contributed by atoms with Gasteiger partial charge in [-0.3, -0.25) is 0 Å². The first-order valence-electron chi connectivity index (χ1n) is 6.80. The van der Waals surface area contributed by atoms with Crippen LogP contribution in [0.25, 0.3) is 0 Å². The highest BCUT2D eigenvalue weighted by atomic mass is 16.5. The lowest BCUT2D eigenvalue weighted by Gasteiger charge is -2.10. The third-order valence-electron chi connectivity index (χ3n) is 3.69. The second-order valence-corrected chi connectivity index (χ2v) is 5.00. The maximum atomic E-state index is 12.2. The van der Waals surface area contributed by atoms with E-state index in [1.165, 1.54) is 0 Å². The molecule has 0 fully saturated rings. The van der Waals surface area contributed by atoms with E-state index in [0.29, 0.717) is 5.56 Å². The van der Waals surface area contributed by atoms with Gasteiger partial charge in [0.15, 0.2) is 0 Å². The lowest BCUT2D eigenvalue weighted by atomic mass is 10.0. The fraction of sp³-hybridized carbons (Fsp3) is 0.235. The first-order valence-corrected chi connectivity index (χ1v) is 6.80. The predicted octanol–water partition coefficient (Wildman–Crippen LogP) is 3.24. The Hall–Kier alpha value is -2.29. The molecule has 0 saturated heterocycles. The lowest BCUT2D eigenvalue weighted by molar-refractivity contribution is 0.0471. The van der Waals surface area contributed by atoms with E-state index < -0.39 is 0 Å². The molecule has 3 rings (SSSR count). The first-order chi connectivity index (χ1) is 9.75. The molecule has 102 valence electrons. The zero-order valence-corrected chi connectivity index (χ0v) is 11.1. The van der Waals surface area contributed by atoms with Gasteiger partial charge in [-0.1, -0.05) is 30.3 Å². The molecule has 0 aliphatic heterocycles. The number of carbonyl (C=O) groups excluding carboxylic acids is 1. The van der Waals surface area contributed by atoms with Crippen molar-refractivity contribution in [3.8, 4) is 5.75 Å². The molecule has 0 radical (unpaired) electrons. The van der Waals surface area contributed by atoms with Crippen molar-refractivity contribution in [2.24, 2.45) is 0 Å². The van der Waals surface area contributed by atoms with Crippen LogP contribution in [-0.2, 0) is 24.2 Å². The van der Waals surface area contributed by atoms with Crippen LogP contribution >= 0.6 is 0 Å². The molecule has 1 aliphatic carbocycles. The molecule has 0 saturated carbocycles. The van der Waals surface area contributed by atoms with E-state index in [1.807, 2.05) is 30.3 Å². The van der Waals surface area contributed by atoms with E-state index in [-0.39, 0.29) is 18.3 Å². The SMILES string of the molecule is O=C(OCc1ccccc1)c1ccc(O)c2c1CCC2. The Morgan fingerprint density at radius 2 is 1.80 bits per heavy atom. The minimum Gasteiger partial charge on any atom is -0.508 e. The van der Waals surface area contributed by atoms with Gasteiger partial charge in [0.05, 0.1) is 5.56 Å². The summed E-state index contributed by atoms with van der Waals surface area (Å²) in [5, 5.41) is 9.79. The van der Waals surface area contributed by atoms with Crippen molar-refractivity contribution in [3.05, 3.63) is 64.7 Å². The van der Waals surface area contributed by atoms with Crippen molar-refractivity contribution in [1.82, 2.24) is 0 Å². The van der Waals surface area contributed by atoms with E-state index in [9.17, 15) is 9.90 Å². The summed E-state index contributed by atoms with van der Waals surface area (Å²) >= 11 is 0. The highest BCUT2D eigenvalue weighted by molar-refractivity contribution is 5.92. The van der Waals surface area contributed by atoms with Crippen LogP contribution in [-0.4, -0.2) is 11.1 Å². The number of aromatic hydroxyl groups is 1. The molecule has 0 aromatic heterocycles. The molecule has 0 amide bonds. The third kappa shape index (κ3) is 2.39. The van der Waals surface area contributed by atoms with E-state index in [4.69, 9.17) is 4.74 Å². The van der Waals surface area contributed by atoms with Crippen LogP contribution < -0.4 is 0 Å². The van der Waals surface area contributed by atoms with Crippen molar-refractivity contribution in [3.63, 3.8) is 0 Å². The Bertz CT molecular complexity index is 632. The monoisotopic (exact) mass is 268 g/mol. The Kier molecular flexibility index (Phi) is 3.42. The average molecular weight is 268 g/mol. The van der Waals surface area contributed by atoms with Crippen LogP contribution in [0.1, 0.15) is 33.5 Å². The van der Waals surface area contributed by atoms with E-state index >= 15 is 0 Å². The number of phenolic OH excluding ortho intramolecular Hbond substituents is 1. The highest BCUT2D eigenvalue weighted by Crippen LogP contribution is 2.32. The summed E-state index contributed by atoms with van der Waals surface area (Å²) in [5.74, 6) is -0.0240. The van der Waals surface area contributed by atoms with E-state index in [0.717, 1.165) is 36.0 Å². The van der Waals surface area contributed by atoms with Crippen molar-refractivity contribution < 1.29 is 14.6 Å². The first kappa shape index (κ1) is 12.7. The van der Waals surface area contributed by atoms with Crippen LogP contribution in [0.2, 0.25) is 0 Å². The number of carbonyl (C=O) groups is 1. The van der Waals surface area contributed by atoms with Gasteiger partial charge in [0, 0.05) is 0 Å². The minimum atomic E-state index is -0.313. The van der Waals surface area contributed by atoms with Crippen LogP contribution in [0.15, 0.2) is 42.5 Å². The summed E-state index contributed by atoms with van der Waals surface area (Å²) in [6, 6.07) is 12.9. The molecule has 0 spiro atoms. The van der Waals surface area contributed by atoms with Crippen LogP contribution in [0.5, 0.6) is 5.75 Å². The Labute approximate surface area is 117 Å². The molecule has 0 atom stereocenters. The number of phenols is 1. The maximum absolute atomic E-state index is 12.2. The van der Waals surface area contributed by atoms with Crippen LogP contribution in [0.4, 0.5) is 0 Å². The van der Waals surface area contributed by atoms with Gasteiger partial charge in [-0.15, -0.1) is 0 Å². The molecule has 0 bridgehead atoms. The van der Waals surface area contributed by atoms with Crippen molar-refractivity contribution >= 4 is 5.97 Å². The number of hydrogen-bond donors (Lipinski definition) is 1. The fourth-order valence-electron chi connectivity index (χ4n) is 2.68. The molecule has 0 unspecified atom stereocenters. The number of rotatable bonds is 3. The Morgan fingerprint density at radius 1 is 1.05 bits per heavy atom. The van der Waals surface area contributed by atoms with Crippen LogP contribution in [0.3, 0.4) is 0 Å². The Morgan fingerprint density at radius 3 is 2.60 bits per heavy atom. The number of esters is 1. The molecule has 3 nitrogen and oxygen atoms in total. The molecular weight excluding hydrogens is 252 g/mol. The molecule has 2 aromatic carbocycles. The van der Waals surface area contributed by atoms with Gasteiger partial charge in [-0.2, -0.15) is 0 Å². The summed E-state index contributed by atoms with van der Waals surface area (Å²) in [4.78, 5) is 12.2. The standard InChI is InChI=1S/C17H16O3/c18-16-10-9-15(13-7-4-8-14(13)16)17(19)20-11-12-5-2-1-3-6-12/h1-3,5-6,9-10,18H,4,7-8,11H2. The maximum Gasteiger partial charge on any atom is 0.338 e. The quantitative estimate of drug-likeness (QED) is 0.869. The van der Waals surface area contributed by atoms with Crippen molar-refractivity contribution in [1.29, 1.82) is 0 Å². The molecule has 20 heavy (non-hydrogen) atoms. The van der Waals surface area contributed by atoms with Gasteiger partial charge in [-0.25, -0.2) is 4.79 Å². The molecule has 0 heterocycles. The summed E-state index contributed by atoms with van der Waals surface area (Å²) in [7, 11) is 0. The van der Waals surface area contributed by atoms with Crippen molar-refractivity contribution in [2.75, 3.05) is 0 Å². The van der Waals surface area contributed by atoms with Gasteiger partial charge < -0.3 is 9.84 Å². The van der Waals surface area contributed by atoms with E-state index in [1.54, 1.807) is 12.1 Å². The van der Waals surface area contributed by atoms with Gasteiger partial charge in [0.2, 0.25) is 0 Å². The number of benzene rings is 2. The third-order valence-corrected chi connectivity index (χ3v) is 3.69. The van der Waals surface area contributed by atoms with Gasteiger partial charge in [0.25, 0.3) is 0 Å². The highest BCUT2D eigenvalue weighted by Gasteiger charge is 2.22. The normalized spacial score (nSPS) is 13.0. The molecule has 1 aliphatic rings. The number of hydrogen-bond acceptors (Lipinski definition) is 3. The summed E-state index contributed by atoms with van der Waals surface area (Å²) < 4.78 is 5.36. The molecule has 1 N–H and O–H groups in total. The number of fused-ring (bicyclic) bond motifs is 1. The fourth-order valence-corrected chi connectivity index (χ4v) is 2.68. The topological polar surface area (TPSA) is 46.5 Å². The van der Waals surface area contributed by atoms with Gasteiger partial charge >= 0.3 is 5.97 Å². The van der Waals surface area contributed by atoms with Crippen LogP contribution in [0, 0.1) is 0 Å².